The molecule has 2 fully saturated rings. The van der Waals surface area contributed by atoms with E-state index in [2.05, 4.69) is 37.9 Å². The molecule has 1 aliphatic carbocycles. The summed E-state index contributed by atoms with van der Waals surface area (Å²) < 4.78 is 0. The molecule has 0 radical (unpaired) electrons. The zero-order valence-electron chi connectivity index (χ0n) is 15.0. The predicted octanol–water partition coefficient (Wildman–Crippen LogP) is 4.45. The molecule has 1 atom stereocenters. The molecule has 1 saturated heterocycles. The highest BCUT2D eigenvalue weighted by Crippen LogP contribution is 2.40. The minimum Gasteiger partial charge on any atom is -0.312 e. The molecule has 1 saturated carbocycles. The molecule has 124 valence electrons. The van der Waals surface area contributed by atoms with Gasteiger partial charge in [-0.1, -0.05) is 33.6 Å². The Hall–Kier alpha value is -0.0800. The first-order chi connectivity index (χ1) is 10.0. The van der Waals surface area contributed by atoms with Crippen LogP contribution in [0.3, 0.4) is 0 Å². The lowest BCUT2D eigenvalue weighted by Crippen LogP contribution is -2.46. The van der Waals surface area contributed by atoms with Crippen LogP contribution in [-0.2, 0) is 0 Å². The van der Waals surface area contributed by atoms with Crippen molar-refractivity contribution in [1.29, 1.82) is 0 Å². The Morgan fingerprint density at radius 1 is 1.05 bits per heavy atom. The number of nitrogens with zero attached hydrogens (tertiary/aromatic N) is 1. The molecule has 2 aliphatic rings. The normalized spacial score (nSPS) is 30.3. The maximum Gasteiger partial charge on any atom is 0.0192 e. The van der Waals surface area contributed by atoms with Gasteiger partial charge in [-0.3, -0.25) is 4.90 Å². The van der Waals surface area contributed by atoms with Gasteiger partial charge in [-0.15, -0.1) is 0 Å². The lowest BCUT2D eigenvalue weighted by Gasteiger charge is -2.40. The largest absolute Gasteiger partial charge is 0.312 e. The summed E-state index contributed by atoms with van der Waals surface area (Å²) in [5.41, 5.74) is 0.548. The second-order valence-corrected chi connectivity index (χ2v) is 8.24. The van der Waals surface area contributed by atoms with Gasteiger partial charge in [0.15, 0.2) is 0 Å². The molecule has 1 unspecified atom stereocenters. The van der Waals surface area contributed by atoms with Crippen LogP contribution in [0, 0.1) is 11.3 Å². The molecule has 1 N–H and O–H groups in total. The van der Waals surface area contributed by atoms with Crippen molar-refractivity contribution < 1.29 is 0 Å². The van der Waals surface area contributed by atoms with Gasteiger partial charge in [0, 0.05) is 18.6 Å². The number of hydrogen-bond acceptors (Lipinski definition) is 2. The van der Waals surface area contributed by atoms with E-state index >= 15 is 0 Å². The van der Waals surface area contributed by atoms with Crippen LogP contribution in [0.1, 0.15) is 79.1 Å². The molecule has 2 rings (SSSR count). The van der Waals surface area contributed by atoms with Gasteiger partial charge < -0.3 is 5.32 Å². The molecule has 0 aromatic heterocycles. The van der Waals surface area contributed by atoms with E-state index in [0.717, 1.165) is 18.0 Å². The van der Waals surface area contributed by atoms with Crippen molar-refractivity contribution in [3.05, 3.63) is 0 Å². The molecule has 0 bridgehead atoms. The van der Waals surface area contributed by atoms with E-state index in [9.17, 15) is 0 Å². The minimum atomic E-state index is 0.548. The van der Waals surface area contributed by atoms with Crippen LogP contribution in [0.2, 0.25) is 0 Å². The van der Waals surface area contributed by atoms with Crippen molar-refractivity contribution in [2.45, 2.75) is 91.1 Å². The van der Waals surface area contributed by atoms with E-state index in [1.807, 2.05) is 0 Å². The summed E-state index contributed by atoms with van der Waals surface area (Å²) in [5, 5.41) is 3.87. The molecule has 0 aromatic rings. The number of nitrogens with one attached hydrogen (secondary N) is 1. The highest BCUT2D eigenvalue weighted by Gasteiger charge is 2.31. The van der Waals surface area contributed by atoms with Crippen LogP contribution in [0.4, 0.5) is 0 Å². The van der Waals surface area contributed by atoms with Crippen LogP contribution in [0.15, 0.2) is 0 Å². The van der Waals surface area contributed by atoms with Crippen molar-refractivity contribution >= 4 is 0 Å². The summed E-state index contributed by atoms with van der Waals surface area (Å²) in [4.78, 5) is 2.68. The fraction of sp³-hybridized carbons (Fsp3) is 1.00. The Labute approximate surface area is 133 Å². The highest BCUT2D eigenvalue weighted by atomic mass is 15.2. The van der Waals surface area contributed by atoms with Gasteiger partial charge in [0.25, 0.3) is 0 Å². The first kappa shape index (κ1) is 17.3. The van der Waals surface area contributed by atoms with Crippen molar-refractivity contribution in [2.24, 2.45) is 11.3 Å². The van der Waals surface area contributed by atoms with Crippen molar-refractivity contribution in [3.63, 3.8) is 0 Å². The van der Waals surface area contributed by atoms with E-state index in [1.54, 1.807) is 0 Å². The number of piperidine rings is 1. The van der Waals surface area contributed by atoms with Crippen LogP contribution in [0.5, 0.6) is 0 Å². The fourth-order valence-corrected chi connectivity index (χ4v) is 4.19. The van der Waals surface area contributed by atoms with E-state index in [-0.39, 0.29) is 0 Å². The van der Waals surface area contributed by atoms with Crippen molar-refractivity contribution in [3.8, 4) is 0 Å². The van der Waals surface area contributed by atoms with Crippen LogP contribution in [0.25, 0.3) is 0 Å². The summed E-state index contributed by atoms with van der Waals surface area (Å²) >= 11 is 0. The van der Waals surface area contributed by atoms with E-state index in [0.29, 0.717) is 5.41 Å². The molecule has 2 heteroatoms. The summed E-state index contributed by atoms with van der Waals surface area (Å²) in [6.07, 6.45) is 11.2. The molecule has 0 amide bonds. The smallest absolute Gasteiger partial charge is 0.0192 e. The summed E-state index contributed by atoms with van der Waals surface area (Å²) in [7, 11) is 0. The van der Waals surface area contributed by atoms with Crippen molar-refractivity contribution in [2.75, 3.05) is 19.6 Å². The van der Waals surface area contributed by atoms with Crippen LogP contribution in [-0.4, -0.2) is 36.6 Å². The number of rotatable bonds is 6. The summed E-state index contributed by atoms with van der Waals surface area (Å²) in [6.45, 7) is 13.5. The monoisotopic (exact) mass is 294 g/mol. The van der Waals surface area contributed by atoms with Crippen LogP contribution < -0.4 is 5.32 Å². The first-order valence-electron chi connectivity index (χ1n) is 9.50. The highest BCUT2D eigenvalue weighted by molar-refractivity contribution is 4.85. The van der Waals surface area contributed by atoms with Gasteiger partial charge in [-0.25, -0.2) is 0 Å². The van der Waals surface area contributed by atoms with Crippen LogP contribution >= 0.6 is 0 Å². The van der Waals surface area contributed by atoms with E-state index in [1.165, 1.54) is 71.0 Å². The Balaban J connectivity index is 1.66. The maximum absolute atomic E-state index is 3.87. The Kier molecular flexibility index (Phi) is 6.55. The number of hydrogen-bond donors (Lipinski definition) is 1. The lowest BCUT2D eigenvalue weighted by atomic mass is 9.69. The minimum absolute atomic E-state index is 0.548. The predicted molar refractivity (Wildman–Crippen MR) is 92.7 cm³/mol. The zero-order chi connectivity index (χ0) is 15.3. The summed E-state index contributed by atoms with van der Waals surface area (Å²) in [6, 6.07) is 1.50. The van der Waals surface area contributed by atoms with Gasteiger partial charge in [-0.05, 0) is 69.9 Å². The Morgan fingerprint density at radius 2 is 1.67 bits per heavy atom. The second kappa shape index (κ2) is 7.97. The fourth-order valence-electron chi connectivity index (χ4n) is 4.19. The Morgan fingerprint density at radius 3 is 2.24 bits per heavy atom. The lowest BCUT2D eigenvalue weighted by molar-refractivity contribution is 0.129. The topological polar surface area (TPSA) is 15.3 Å². The SMILES string of the molecule is CCC(C)(C)C1CCC(NCC(C)N2CCCCC2)CC1. The quantitative estimate of drug-likeness (QED) is 0.779. The van der Waals surface area contributed by atoms with Gasteiger partial charge in [0.05, 0.1) is 0 Å². The third kappa shape index (κ3) is 4.96. The van der Waals surface area contributed by atoms with Gasteiger partial charge in [-0.2, -0.15) is 0 Å². The molecule has 1 aliphatic heterocycles. The third-order valence-electron chi connectivity index (χ3n) is 6.46. The molecular formula is C19H38N2. The average molecular weight is 295 g/mol. The van der Waals surface area contributed by atoms with E-state index < -0.39 is 0 Å². The Bertz CT molecular complexity index is 286. The molecule has 1 heterocycles. The van der Waals surface area contributed by atoms with Crippen molar-refractivity contribution in [1.82, 2.24) is 10.2 Å². The molecular weight excluding hydrogens is 256 g/mol. The van der Waals surface area contributed by atoms with Gasteiger partial charge in [0.1, 0.15) is 0 Å². The van der Waals surface area contributed by atoms with E-state index in [4.69, 9.17) is 0 Å². The van der Waals surface area contributed by atoms with Gasteiger partial charge >= 0.3 is 0 Å². The second-order valence-electron chi connectivity index (χ2n) is 8.24. The third-order valence-corrected chi connectivity index (χ3v) is 6.46. The molecule has 21 heavy (non-hydrogen) atoms. The molecule has 0 spiro atoms. The summed E-state index contributed by atoms with van der Waals surface area (Å²) in [5.74, 6) is 0.945. The maximum atomic E-state index is 3.87. The average Bonchev–Trinajstić information content (AvgIpc) is 2.54. The molecule has 2 nitrogen and oxygen atoms in total. The number of likely N-dealkylation sites (tertiary alicyclic amines) is 1. The van der Waals surface area contributed by atoms with Gasteiger partial charge in [0.2, 0.25) is 0 Å². The molecule has 0 aromatic carbocycles. The first-order valence-corrected chi connectivity index (χ1v) is 9.50. The zero-order valence-corrected chi connectivity index (χ0v) is 15.0. The standard InChI is InChI=1S/C19H38N2/c1-5-19(3,4)17-9-11-18(12-10-17)20-15-16(2)21-13-7-6-8-14-21/h16-18,20H,5-15H2,1-4H3.